The molecule has 0 bridgehead atoms. The molecule has 0 spiro atoms. The van der Waals surface area contributed by atoms with E-state index < -0.39 is 6.09 Å². The van der Waals surface area contributed by atoms with Gasteiger partial charge in [0.2, 0.25) is 0 Å². The molecule has 23 heavy (non-hydrogen) atoms. The van der Waals surface area contributed by atoms with Gasteiger partial charge in [0.15, 0.2) is 6.61 Å². The lowest BCUT2D eigenvalue weighted by atomic mass is 10.2. The first-order valence-corrected chi connectivity index (χ1v) is 7.41. The molecule has 1 saturated heterocycles. The Bertz CT molecular complexity index is 745. The molecule has 1 aromatic heterocycles. The van der Waals surface area contributed by atoms with E-state index in [9.17, 15) is 4.79 Å². The van der Waals surface area contributed by atoms with Gasteiger partial charge in [-0.25, -0.2) is 9.80 Å². The van der Waals surface area contributed by atoms with Crippen LogP contribution in [0.3, 0.4) is 0 Å². The summed E-state index contributed by atoms with van der Waals surface area (Å²) in [6, 6.07) is 9.80. The van der Waals surface area contributed by atoms with Crippen molar-refractivity contribution in [3.63, 3.8) is 0 Å². The number of hydrazine groups is 1. The van der Waals surface area contributed by atoms with Crippen molar-refractivity contribution in [2.45, 2.75) is 0 Å². The zero-order valence-electron chi connectivity index (χ0n) is 12.6. The minimum absolute atomic E-state index is 0.0308. The fraction of sp³-hybridized carbons (Fsp3) is 0.294. The third kappa shape index (κ3) is 4.42. The Labute approximate surface area is 134 Å². The second-order valence-corrected chi connectivity index (χ2v) is 5.01. The average molecular weight is 311 g/mol. The molecule has 1 N–H and O–H groups in total. The zero-order chi connectivity index (χ0) is 15.9. The van der Waals surface area contributed by atoms with Gasteiger partial charge in [-0.05, 0) is 12.1 Å². The zero-order valence-corrected chi connectivity index (χ0v) is 12.6. The first kappa shape index (κ1) is 15.3. The Morgan fingerprint density at radius 3 is 3.04 bits per heavy atom. The van der Waals surface area contributed by atoms with E-state index >= 15 is 0 Å². The molecule has 1 aromatic carbocycles. The average Bonchev–Trinajstić information content (AvgIpc) is 2.59. The monoisotopic (exact) mass is 311 g/mol. The van der Waals surface area contributed by atoms with Crippen molar-refractivity contribution >= 4 is 17.0 Å². The predicted molar refractivity (Wildman–Crippen MR) is 85.5 cm³/mol. The molecular formula is C17H17N3O3. The van der Waals surface area contributed by atoms with Crippen LogP contribution in [0.5, 0.6) is 0 Å². The van der Waals surface area contributed by atoms with Crippen LogP contribution in [-0.4, -0.2) is 49.0 Å². The Morgan fingerprint density at radius 2 is 2.17 bits per heavy atom. The van der Waals surface area contributed by atoms with Crippen LogP contribution >= 0.6 is 0 Å². The number of para-hydroxylation sites is 1. The number of hydrogen-bond acceptors (Lipinski definition) is 5. The lowest BCUT2D eigenvalue weighted by molar-refractivity contribution is 0.0113. The van der Waals surface area contributed by atoms with E-state index in [2.05, 4.69) is 22.3 Å². The summed E-state index contributed by atoms with van der Waals surface area (Å²) in [5.74, 6) is 5.76. The van der Waals surface area contributed by atoms with Gasteiger partial charge in [-0.3, -0.25) is 10.4 Å². The summed E-state index contributed by atoms with van der Waals surface area (Å²) in [5, 5.41) is 2.80. The minimum atomic E-state index is -0.502. The molecule has 0 atom stereocenters. The van der Waals surface area contributed by atoms with Crippen LogP contribution in [0, 0.1) is 11.8 Å². The number of ether oxygens (including phenoxy) is 2. The first-order chi connectivity index (χ1) is 11.3. The van der Waals surface area contributed by atoms with Gasteiger partial charge in [0.1, 0.15) is 0 Å². The molecule has 2 heterocycles. The number of rotatable bonds is 2. The SMILES string of the molecule is O=C(NN1CCOCC1)OCC#Cc1cnc2ccccc2c1. The summed E-state index contributed by atoms with van der Waals surface area (Å²) in [5.41, 5.74) is 4.38. The van der Waals surface area contributed by atoms with Gasteiger partial charge < -0.3 is 9.47 Å². The number of carbonyl (C=O) groups excluding carboxylic acids is 1. The fourth-order valence-corrected chi connectivity index (χ4v) is 2.22. The largest absolute Gasteiger partial charge is 0.435 e. The van der Waals surface area contributed by atoms with Crippen LogP contribution in [0.15, 0.2) is 36.5 Å². The second-order valence-electron chi connectivity index (χ2n) is 5.01. The molecule has 2 aromatic rings. The highest BCUT2D eigenvalue weighted by Gasteiger charge is 2.12. The van der Waals surface area contributed by atoms with E-state index in [1.807, 2.05) is 30.3 Å². The summed E-state index contributed by atoms with van der Waals surface area (Å²) < 4.78 is 10.2. The van der Waals surface area contributed by atoms with E-state index in [1.54, 1.807) is 11.2 Å². The first-order valence-electron chi connectivity index (χ1n) is 7.41. The van der Waals surface area contributed by atoms with Gasteiger partial charge in [0.05, 0.1) is 18.7 Å². The maximum Gasteiger partial charge on any atom is 0.422 e. The molecular weight excluding hydrogens is 294 g/mol. The van der Waals surface area contributed by atoms with Crippen molar-refractivity contribution in [1.29, 1.82) is 0 Å². The Balaban J connectivity index is 1.49. The quantitative estimate of drug-likeness (QED) is 0.853. The summed E-state index contributed by atoms with van der Waals surface area (Å²) in [6.45, 7) is 2.56. The standard InChI is InChI=1S/C17H17N3O3/c21-17(19-20-7-10-22-11-8-20)23-9-3-4-14-12-15-5-1-2-6-16(15)18-13-14/h1-2,5-6,12-13H,7-11H2,(H,19,21). The molecule has 6 heteroatoms. The van der Waals surface area contributed by atoms with Crippen LogP contribution < -0.4 is 5.43 Å². The summed E-state index contributed by atoms with van der Waals surface area (Å²) in [7, 11) is 0. The normalized spacial score (nSPS) is 14.8. The number of nitrogens with one attached hydrogen (secondary N) is 1. The topological polar surface area (TPSA) is 63.7 Å². The number of morpholine rings is 1. The van der Waals surface area contributed by atoms with Crippen molar-refractivity contribution in [3.05, 3.63) is 42.1 Å². The highest BCUT2D eigenvalue weighted by atomic mass is 16.6. The molecule has 3 rings (SSSR count). The molecule has 1 aliphatic rings. The smallest absolute Gasteiger partial charge is 0.422 e. The Kier molecular flexibility index (Phi) is 5.04. The van der Waals surface area contributed by atoms with Gasteiger partial charge in [-0.2, -0.15) is 0 Å². The fourth-order valence-electron chi connectivity index (χ4n) is 2.22. The molecule has 0 aliphatic carbocycles. The third-order valence-electron chi connectivity index (χ3n) is 3.36. The summed E-state index contributed by atoms with van der Waals surface area (Å²) in [4.78, 5) is 15.9. The molecule has 118 valence electrons. The number of nitrogens with zero attached hydrogens (tertiary/aromatic N) is 2. The van der Waals surface area contributed by atoms with Crippen LogP contribution in [0.4, 0.5) is 4.79 Å². The molecule has 1 amide bonds. The van der Waals surface area contributed by atoms with Crippen molar-refractivity contribution in [2.75, 3.05) is 32.9 Å². The van der Waals surface area contributed by atoms with Crippen molar-refractivity contribution in [3.8, 4) is 11.8 Å². The lowest BCUT2D eigenvalue weighted by Crippen LogP contribution is -2.48. The van der Waals surface area contributed by atoms with E-state index in [0.29, 0.717) is 26.3 Å². The minimum Gasteiger partial charge on any atom is -0.435 e. The van der Waals surface area contributed by atoms with Crippen molar-refractivity contribution in [1.82, 2.24) is 15.4 Å². The van der Waals surface area contributed by atoms with Gasteiger partial charge in [-0.1, -0.05) is 30.0 Å². The lowest BCUT2D eigenvalue weighted by Gasteiger charge is -2.26. The number of amides is 1. The van der Waals surface area contributed by atoms with Gasteiger partial charge in [-0.15, -0.1) is 0 Å². The molecule has 1 fully saturated rings. The molecule has 0 radical (unpaired) electrons. The van der Waals surface area contributed by atoms with Gasteiger partial charge in [0.25, 0.3) is 0 Å². The van der Waals surface area contributed by atoms with Crippen molar-refractivity contribution in [2.24, 2.45) is 0 Å². The van der Waals surface area contributed by atoms with E-state index in [1.165, 1.54) is 0 Å². The number of fused-ring (bicyclic) bond motifs is 1. The molecule has 6 nitrogen and oxygen atoms in total. The van der Waals surface area contributed by atoms with E-state index in [0.717, 1.165) is 16.5 Å². The Morgan fingerprint density at radius 1 is 1.35 bits per heavy atom. The number of aromatic nitrogens is 1. The van der Waals surface area contributed by atoms with Crippen LogP contribution in [0.25, 0.3) is 10.9 Å². The molecule has 0 saturated carbocycles. The number of benzene rings is 1. The van der Waals surface area contributed by atoms with Crippen LogP contribution in [0.1, 0.15) is 5.56 Å². The highest BCUT2D eigenvalue weighted by Crippen LogP contribution is 2.11. The van der Waals surface area contributed by atoms with Crippen LogP contribution in [0.2, 0.25) is 0 Å². The third-order valence-corrected chi connectivity index (χ3v) is 3.36. The predicted octanol–water partition coefficient (Wildman–Crippen LogP) is 1.56. The second kappa shape index (κ2) is 7.58. The molecule has 0 unspecified atom stereocenters. The van der Waals surface area contributed by atoms with E-state index in [4.69, 9.17) is 9.47 Å². The number of pyridine rings is 1. The highest BCUT2D eigenvalue weighted by molar-refractivity contribution is 5.79. The number of hydrogen-bond donors (Lipinski definition) is 1. The van der Waals surface area contributed by atoms with Crippen LogP contribution in [-0.2, 0) is 9.47 Å². The maximum absolute atomic E-state index is 11.6. The molecule has 1 aliphatic heterocycles. The van der Waals surface area contributed by atoms with Gasteiger partial charge >= 0.3 is 6.09 Å². The van der Waals surface area contributed by atoms with E-state index in [-0.39, 0.29) is 6.61 Å². The summed E-state index contributed by atoms with van der Waals surface area (Å²) in [6.07, 6.45) is 1.21. The van der Waals surface area contributed by atoms with Crippen molar-refractivity contribution < 1.29 is 14.3 Å². The summed E-state index contributed by atoms with van der Waals surface area (Å²) >= 11 is 0. The number of carbonyl (C=O) groups is 1. The van der Waals surface area contributed by atoms with Gasteiger partial charge in [0, 0.05) is 30.2 Å². The Hall–Kier alpha value is -2.62. The maximum atomic E-state index is 11.6.